The summed E-state index contributed by atoms with van der Waals surface area (Å²) in [6.07, 6.45) is 5.25. The fourth-order valence-electron chi connectivity index (χ4n) is 2.44. The fourth-order valence-corrected chi connectivity index (χ4v) is 2.44. The van der Waals surface area contributed by atoms with Crippen LogP contribution in [0.2, 0.25) is 0 Å². The minimum Gasteiger partial charge on any atom is -0.354 e. The molecule has 0 aliphatic rings. The summed E-state index contributed by atoms with van der Waals surface area (Å²) in [4.78, 5) is 29.5. The molecule has 2 N–H and O–H groups in total. The van der Waals surface area contributed by atoms with E-state index in [1.54, 1.807) is 26.2 Å². The maximum absolute atomic E-state index is 12.1. The molecular formula is C18H25N5O2. The topological polar surface area (TPSA) is 79.3 Å². The van der Waals surface area contributed by atoms with Crippen molar-refractivity contribution in [3.05, 3.63) is 48.0 Å². The standard InChI is InChI=1S/C18H25N5O2/c1-13(7-8-15-6-5-11-23(15)4)20-18(25)21-14-9-10-19-16(12-14)17(24)22(2)3/h5-6,9-13H,7-8H2,1-4H3,(H2,19,20,21,25). The lowest BCUT2D eigenvalue weighted by molar-refractivity contribution is 0.0822. The van der Waals surface area contributed by atoms with Gasteiger partial charge in [-0.1, -0.05) is 0 Å². The highest BCUT2D eigenvalue weighted by Crippen LogP contribution is 2.10. The maximum atomic E-state index is 12.1. The second-order valence-corrected chi connectivity index (χ2v) is 6.28. The minimum atomic E-state index is -0.297. The van der Waals surface area contributed by atoms with E-state index in [-0.39, 0.29) is 18.0 Å². The van der Waals surface area contributed by atoms with Crippen LogP contribution in [0.15, 0.2) is 36.7 Å². The number of rotatable bonds is 6. The Hall–Kier alpha value is -2.83. The van der Waals surface area contributed by atoms with Crippen molar-refractivity contribution in [1.82, 2.24) is 19.8 Å². The van der Waals surface area contributed by atoms with Gasteiger partial charge in [0.1, 0.15) is 5.69 Å². The molecule has 7 heteroatoms. The van der Waals surface area contributed by atoms with Crippen molar-refractivity contribution in [3.8, 4) is 0 Å². The quantitative estimate of drug-likeness (QED) is 0.844. The Kier molecular flexibility index (Phi) is 6.16. The number of hydrogen-bond acceptors (Lipinski definition) is 3. The zero-order valence-electron chi connectivity index (χ0n) is 15.1. The highest BCUT2D eigenvalue weighted by atomic mass is 16.2. The van der Waals surface area contributed by atoms with Crippen molar-refractivity contribution in [3.63, 3.8) is 0 Å². The molecule has 2 aromatic rings. The highest BCUT2D eigenvalue weighted by Gasteiger charge is 2.12. The molecule has 7 nitrogen and oxygen atoms in total. The molecule has 1 atom stereocenters. The van der Waals surface area contributed by atoms with Gasteiger partial charge in [-0.05, 0) is 44.0 Å². The molecule has 0 aliphatic heterocycles. The molecule has 2 heterocycles. The minimum absolute atomic E-state index is 0.0274. The number of hydrogen-bond donors (Lipinski definition) is 2. The molecule has 3 amide bonds. The third-order valence-electron chi connectivity index (χ3n) is 3.91. The third-order valence-corrected chi connectivity index (χ3v) is 3.91. The SMILES string of the molecule is CC(CCc1cccn1C)NC(=O)Nc1ccnc(C(=O)N(C)C)c1. The average Bonchev–Trinajstić information content (AvgIpc) is 2.97. The first-order chi connectivity index (χ1) is 11.9. The Balaban J connectivity index is 1.86. The fraction of sp³-hybridized carbons (Fsp3) is 0.389. The van der Waals surface area contributed by atoms with E-state index in [4.69, 9.17) is 0 Å². The number of anilines is 1. The molecule has 1 unspecified atom stereocenters. The largest absolute Gasteiger partial charge is 0.354 e. The first-order valence-electron chi connectivity index (χ1n) is 8.22. The van der Waals surface area contributed by atoms with E-state index in [0.29, 0.717) is 11.4 Å². The molecule has 134 valence electrons. The van der Waals surface area contributed by atoms with Crippen LogP contribution in [-0.4, -0.2) is 46.5 Å². The second kappa shape index (κ2) is 8.32. The summed E-state index contributed by atoms with van der Waals surface area (Å²) >= 11 is 0. The van der Waals surface area contributed by atoms with Crippen LogP contribution in [-0.2, 0) is 13.5 Å². The molecule has 25 heavy (non-hydrogen) atoms. The second-order valence-electron chi connectivity index (χ2n) is 6.28. The summed E-state index contributed by atoms with van der Waals surface area (Å²) in [7, 11) is 5.33. The molecule has 0 radical (unpaired) electrons. The summed E-state index contributed by atoms with van der Waals surface area (Å²) < 4.78 is 2.08. The highest BCUT2D eigenvalue weighted by molar-refractivity contribution is 5.95. The van der Waals surface area contributed by atoms with Crippen LogP contribution < -0.4 is 10.6 Å². The smallest absolute Gasteiger partial charge is 0.319 e. The molecule has 0 spiro atoms. The number of urea groups is 1. The lowest BCUT2D eigenvalue weighted by Crippen LogP contribution is -2.36. The van der Waals surface area contributed by atoms with E-state index < -0.39 is 0 Å². The van der Waals surface area contributed by atoms with Crippen LogP contribution >= 0.6 is 0 Å². The number of pyridine rings is 1. The zero-order valence-corrected chi connectivity index (χ0v) is 15.1. The Morgan fingerprint density at radius 3 is 2.72 bits per heavy atom. The molecule has 0 aliphatic carbocycles. The van der Waals surface area contributed by atoms with E-state index in [1.165, 1.54) is 16.8 Å². The summed E-state index contributed by atoms with van der Waals surface area (Å²) in [6, 6.07) is 7.04. The van der Waals surface area contributed by atoms with Crippen molar-refractivity contribution >= 4 is 17.6 Å². The first kappa shape index (κ1) is 18.5. The molecule has 0 saturated heterocycles. The summed E-state index contributed by atoms with van der Waals surface area (Å²) in [5.41, 5.74) is 2.06. The maximum Gasteiger partial charge on any atom is 0.319 e. The van der Waals surface area contributed by atoms with Crippen molar-refractivity contribution in [2.75, 3.05) is 19.4 Å². The van der Waals surface area contributed by atoms with Gasteiger partial charge in [-0.15, -0.1) is 0 Å². The molecule has 0 fully saturated rings. The molecule has 2 aromatic heterocycles. The lowest BCUT2D eigenvalue weighted by Gasteiger charge is -2.15. The van der Waals surface area contributed by atoms with Crippen molar-refractivity contribution in [2.45, 2.75) is 25.8 Å². The monoisotopic (exact) mass is 343 g/mol. The Morgan fingerprint density at radius 2 is 2.08 bits per heavy atom. The number of nitrogens with zero attached hydrogens (tertiary/aromatic N) is 3. The van der Waals surface area contributed by atoms with Gasteiger partial charge in [0.05, 0.1) is 0 Å². The van der Waals surface area contributed by atoms with E-state index >= 15 is 0 Å². The van der Waals surface area contributed by atoms with Crippen LogP contribution in [0, 0.1) is 0 Å². The van der Waals surface area contributed by atoms with E-state index in [2.05, 4.69) is 26.3 Å². The van der Waals surface area contributed by atoms with Gasteiger partial charge in [0.15, 0.2) is 0 Å². The lowest BCUT2D eigenvalue weighted by atomic mass is 10.1. The Labute approximate surface area is 148 Å². The van der Waals surface area contributed by atoms with Gasteiger partial charge in [0, 0.05) is 51.0 Å². The van der Waals surface area contributed by atoms with E-state index in [1.807, 2.05) is 26.2 Å². The average molecular weight is 343 g/mol. The van der Waals surface area contributed by atoms with Gasteiger partial charge in [0.2, 0.25) is 0 Å². The number of amides is 3. The van der Waals surface area contributed by atoms with Crippen molar-refractivity contribution in [1.29, 1.82) is 0 Å². The van der Waals surface area contributed by atoms with Gasteiger partial charge < -0.3 is 20.1 Å². The molecule has 0 aromatic carbocycles. The van der Waals surface area contributed by atoms with Crippen LogP contribution in [0.3, 0.4) is 0 Å². The Bertz CT molecular complexity index is 739. The van der Waals surface area contributed by atoms with Gasteiger partial charge >= 0.3 is 6.03 Å². The first-order valence-corrected chi connectivity index (χ1v) is 8.22. The van der Waals surface area contributed by atoms with Gasteiger partial charge in [0.25, 0.3) is 5.91 Å². The summed E-state index contributed by atoms with van der Waals surface area (Å²) in [5.74, 6) is -0.208. The van der Waals surface area contributed by atoms with Crippen LogP contribution in [0.4, 0.5) is 10.5 Å². The third kappa shape index (κ3) is 5.34. The Morgan fingerprint density at radius 1 is 1.32 bits per heavy atom. The summed E-state index contributed by atoms with van der Waals surface area (Å²) in [6.45, 7) is 1.97. The molecule has 0 bridgehead atoms. The van der Waals surface area contributed by atoms with Crippen LogP contribution in [0.25, 0.3) is 0 Å². The number of carbonyl (C=O) groups excluding carboxylic acids is 2. The zero-order chi connectivity index (χ0) is 18.4. The van der Waals surface area contributed by atoms with Crippen LogP contribution in [0.1, 0.15) is 29.5 Å². The molecule has 0 saturated carbocycles. The van der Waals surface area contributed by atoms with Gasteiger partial charge in [-0.25, -0.2) is 4.79 Å². The number of aryl methyl sites for hydroxylation is 2. The molecular weight excluding hydrogens is 318 g/mol. The summed E-state index contributed by atoms with van der Waals surface area (Å²) in [5, 5.41) is 5.65. The van der Waals surface area contributed by atoms with Crippen molar-refractivity contribution in [2.24, 2.45) is 7.05 Å². The number of carbonyl (C=O) groups is 2. The predicted octanol–water partition coefficient (Wildman–Crippen LogP) is 2.26. The number of nitrogens with one attached hydrogen (secondary N) is 2. The van der Waals surface area contributed by atoms with Gasteiger partial charge in [-0.2, -0.15) is 0 Å². The van der Waals surface area contributed by atoms with E-state index in [0.717, 1.165) is 12.8 Å². The van der Waals surface area contributed by atoms with E-state index in [9.17, 15) is 9.59 Å². The van der Waals surface area contributed by atoms with Gasteiger partial charge in [-0.3, -0.25) is 9.78 Å². The predicted molar refractivity (Wildman–Crippen MR) is 97.6 cm³/mol. The van der Waals surface area contributed by atoms with Crippen molar-refractivity contribution < 1.29 is 9.59 Å². The van der Waals surface area contributed by atoms with Crippen LogP contribution in [0.5, 0.6) is 0 Å². The normalized spacial score (nSPS) is 11.7. The molecule has 2 rings (SSSR count). The number of aromatic nitrogens is 2.